The van der Waals surface area contributed by atoms with Crippen molar-refractivity contribution >= 4 is 27.5 Å². The lowest BCUT2D eigenvalue weighted by molar-refractivity contribution is -0.118. The summed E-state index contributed by atoms with van der Waals surface area (Å²) < 4.78 is 37.6. The monoisotopic (exact) mass is 348 g/mol. The first-order chi connectivity index (χ1) is 9.35. The molecule has 0 bridgehead atoms. The second-order valence-electron chi connectivity index (χ2n) is 4.22. The first kappa shape index (κ1) is 14.9. The number of allylic oxidation sites excluding steroid dienone is 1. The Bertz CT molecular complexity index is 571. The van der Waals surface area contributed by atoms with Gasteiger partial charge < -0.3 is 14.6 Å². The lowest BCUT2D eigenvalue weighted by Gasteiger charge is -2.28. The molecule has 1 aromatic rings. The predicted octanol–water partition coefficient (Wildman–Crippen LogP) is 2.95. The number of benzene rings is 1. The molecule has 0 spiro atoms. The third-order valence-corrected chi connectivity index (χ3v) is 3.54. The van der Waals surface area contributed by atoms with Gasteiger partial charge in [0.05, 0.1) is 30.9 Å². The summed E-state index contributed by atoms with van der Waals surface area (Å²) in [6, 6.07) is 4.22. The van der Waals surface area contributed by atoms with E-state index in [-0.39, 0.29) is 11.1 Å². The molecule has 2 rings (SSSR count). The highest BCUT2D eigenvalue weighted by Gasteiger charge is 2.42. The Morgan fingerprint density at radius 1 is 1.55 bits per heavy atom. The molecule has 108 valence electrons. The van der Waals surface area contributed by atoms with Gasteiger partial charge in [-0.15, -0.1) is 0 Å². The summed E-state index contributed by atoms with van der Waals surface area (Å²) in [5.74, 6) is -3.88. The third kappa shape index (κ3) is 2.83. The summed E-state index contributed by atoms with van der Waals surface area (Å²) in [4.78, 5) is 11.5. The fraction of sp³-hybridized carbons (Fsp3) is 0.308. The quantitative estimate of drug-likeness (QED) is 0.835. The molecule has 7 heteroatoms. The van der Waals surface area contributed by atoms with Gasteiger partial charge in [0.25, 0.3) is 5.92 Å². The fourth-order valence-electron chi connectivity index (χ4n) is 1.85. The smallest absolute Gasteiger partial charge is 0.337 e. The Labute approximate surface area is 122 Å². The number of hydrogen-bond donors (Lipinski definition) is 1. The van der Waals surface area contributed by atoms with Crippen LogP contribution in [0.4, 0.5) is 8.78 Å². The minimum Gasteiger partial charge on any atom is -0.472 e. The van der Waals surface area contributed by atoms with Crippen LogP contribution in [0.25, 0.3) is 5.57 Å². The summed E-state index contributed by atoms with van der Waals surface area (Å²) in [5, 5.41) is 9.13. The number of esters is 1. The van der Waals surface area contributed by atoms with Crippen LogP contribution in [-0.2, 0) is 9.47 Å². The molecule has 0 aliphatic carbocycles. The molecule has 1 unspecified atom stereocenters. The van der Waals surface area contributed by atoms with Gasteiger partial charge in [-0.2, -0.15) is 0 Å². The highest BCUT2D eigenvalue weighted by molar-refractivity contribution is 9.10. The number of ether oxygens (including phenoxy) is 2. The molecule has 0 radical (unpaired) electrons. The third-order valence-electron chi connectivity index (χ3n) is 2.85. The number of alkyl halides is 2. The van der Waals surface area contributed by atoms with Gasteiger partial charge in [-0.1, -0.05) is 15.9 Å². The highest BCUT2D eigenvalue weighted by atomic mass is 79.9. The van der Waals surface area contributed by atoms with E-state index in [2.05, 4.69) is 20.7 Å². The van der Waals surface area contributed by atoms with Crippen LogP contribution in [0.2, 0.25) is 0 Å². The Morgan fingerprint density at radius 2 is 2.25 bits per heavy atom. The Balaban J connectivity index is 2.49. The lowest BCUT2D eigenvalue weighted by atomic mass is 9.95. The van der Waals surface area contributed by atoms with Gasteiger partial charge in [0.1, 0.15) is 0 Å². The number of carbonyl (C=O) groups excluding carboxylic acids is 1. The molecule has 0 saturated heterocycles. The second-order valence-corrected chi connectivity index (χ2v) is 5.07. The largest absolute Gasteiger partial charge is 0.472 e. The molecule has 0 saturated carbocycles. The maximum absolute atomic E-state index is 14.0. The number of methoxy groups -OCH3 is 1. The zero-order valence-corrected chi connectivity index (χ0v) is 12.0. The number of halogens is 3. The average Bonchev–Trinajstić information content (AvgIpc) is 2.38. The van der Waals surface area contributed by atoms with Crippen LogP contribution >= 0.6 is 15.9 Å². The predicted molar refractivity (Wildman–Crippen MR) is 70.1 cm³/mol. The van der Waals surface area contributed by atoms with Gasteiger partial charge >= 0.3 is 5.97 Å². The van der Waals surface area contributed by atoms with Crippen molar-refractivity contribution in [3.63, 3.8) is 0 Å². The highest BCUT2D eigenvalue weighted by Crippen LogP contribution is 2.42. The zero-order valence-electron chi connectivity index (χ0n) is 10.4. The molecule has 1 atom stereocenters. The van der Waals surface area contributed by atoms with Gasteiger partial charge in [-0.05, 0) is 18.2 Å². The van der Waals surface area contributed by atoms with Crippen molar-refractivity contribution in [1.82, 2.24) is 0 Å². The van der Waals surface area contributed by atoms with Crippen LogP contribution in [-0.4, -0.2) is 30.4 Å². The number of carbonyl (C=O) groups is 1. The molecular weight excluding hydrogens is 338 g/mol. The summed E-state index contributed by atoms with van der Waals surface area (Å²) in [6.45, 7) is 0. The van der Waals surface area contributed by atoms with Crippen LogP contribution < -0.4 is 0 Å². The van der Waals surface area contributed by atoms with Crippen molar-refractivity contribution in [2.24, 2.45) is 0 Å². The first-order valence-corrected chi connectivity index (χ1v) is 6.44. The molecule has 0 aromatic heterocycles. The number of rotatable bonds is 2. The van der Waals surface area contributed by atoms with Gasteiger partial charge in [-0.25, -0.2) is 13.6 Å². The van der Waals surface area contributed by atoms with Crippen LogP contribution in [0.15, 0.2) is 28.9 Å². The van der Waals surface area contributed by atoms with Crippen LogP contribution in [0.1, 0.15) is 22.3 Å². The molecule has 4 nitrogen and oxygen atoms in total. The van der Waals surface area contributed by atoms with Crippen molar-refractivity contribution in [3.05, 3.63) is 40.1 Å². The minimum absolute atomic E-state index is 0.116. The van der Waals surface area contributed by atoms with Gasteiger partial charge in [0.15, 0.2) is 0 Å². The molecule has 1 heterocycles. The van der Waals surface area contributed by atoms with Crippen LogP contribution in [0.3, 0.4) is 0 Å². The normalized spacial score (nSPS) is 20.9. The van der Waals surface area contributed by atoms with Gasteiger partial charge in [0, 0.05) is 10.0 Å². The van der Waals surface area contributed by atoms with Crippen molar-refractivity contribution in [3.8, 4) is 0 Å². The van der Waals surface area contributed by atoms with Gasteiger partial charge in [-0.3, -0.25) is 0 Å². The number of aliphatic hydroxyl groups is 1. The SMILES string of the molecule is COC(=O)c1ccc(Br)c(C2=COC(O)CC2(F)F)c1. The summed E-state index contributed by atoms with van der Waals surface area (Å²) in [5.41, 5.74) is -0.140. The molecule has 20 heavy (non-hydrogen) atoms. The second kappa shape index (κ2) is 5.49. The molecule has 1 aromatic carbocycles. The molecular formula is C13H11BrF2O4. The van der Waals surface area contributed by atoms with E-state index in [0.29, 0.717) is 4.47 Å². The van der Waals surface area contributed by atoms with E-state index < -0.39 is 30.2 Å². The molecule has 1 aliphatic heterocycles. The van der Waals surface area contributed by atoms with E-state index in [4.69, 9.17) is 9.84 Å². The summed E-state index contributed by atoms with van der Waals surface area (Å²) in [7, 11) is 1.21. The minimum atomic E-state index is -3.26. The van der Waals surface area contributed by atoms with E-state index in [1.807, 2.05) is 0 Å². The maximum atomic E-state index is 14.0. The maximum Gasteiger partial charge on any atom is 0.337 e. The van der Waals surface area contributed by atoms with Crippen molar-refractivity contribution in [1.29, 1.82) is 0 Å². The van der Waals surface area contributed by atoms with E-state index in [0.717, 1.165) is 6.26 Å². The standard InChI is InChI=1S/C13H11BrF2O4/c1-19-12(18)7-2-3-10(14)8(4-7)9-6-20-11(17)5-13(9,15)16/h2-4,6,11,17H,5H2,1H3. The Morgan fingerprint density at radius 3 is 2.85 bits per heavy atom. The summed E-state index contributed by atoms with van der Waals surface area (Å²) in [6.07, 6.45) is -1.57. The van der Waals surface area contributed by atoms with Crippen molar-refractivity contribution in [2.45, 2.75) is 18.6 Å². The number of aliphatic hydroxyl groups excluding tert-OH is 1. The zero-order chi connectivity index (χ0) is 14.9. The van der Waals surface area contributed by atoms with E-state index in [1.165, 1.54) is 25.3 Å². The van der Waals surface area contributed by atoms with E-state index >= 15 is 0 Å². The molecule has 0 fully saturated rings. The van der Waals surface area contributed by atoms with E-state index in [9.17, 15) is 13.6 Å². The fourth-order valence-corrected chi connectivity index (χ4v) is 2.31. The molecule has 1 N–H and O–H groups in total. The van der Waals surface area contributed by atoms with E-state index in [1.54, 1.807) is 0 Å². The van der Waals surface area contributed by atoms with Crippen molar-refractivity contribution < 1.29 is 28.2 Å². The van der Waals surface area contributed by atoms with Crippen LogP contribution in [0.5, 0.6) is 0 Å². The topological polar surface area (TPSA) is 55.8 Å². The van der Waals surface area contributed by atoms with Gasteiger partial charge in [0.2, 0.25) is 6.29 Å². The summed E-state index contributed by atoms with van der Waals surface area (Å²) >= 11 is 3.16. The lowest BCUT2D eigenvalue weighted by Crippen LogP contribution is -2.31. The Hall–Kier alpha value is -1.47. The first-order valence-electron chi connectivity index (χ1n) is 5.65. The number of hydrogen-bond acceptors (Lipinski definition) is 4. The van der Waals surface area contributed by atoms with Crippen molar-refractivity contribution in [2.75, 3.05) is 7.11 Å². The Kier molecular flexibility index (Phi) is 4.10. The molecule has 1 aliphatic rings. The van der Waals surface area contributed by atoms with Crippen LogP contribution in [0, 0.1) is 0 Å². The average molecular weight is 349 g/mol. The molecule has 0 amide bonds.